The number of hydrogen-bond donors (Lipinski definition) is 2. The molecule has 4 aromatic rings. The van der Waals surface area contributed by atoms with Crippen molar-refractivity contribution >= 4 is 56.2 Å². The van der Waals surface area contributed by atoms with Crippen molar-refractivity contribution < 1.29 is 19.2 Å². The van der Waals surface area contributed by atoms with E-state index in [0.717, 1.165) is 59.0 Å². The lowest BCUT2D eigenvalue weighted by molar-refractivity contribution is -0.138. The Labute approximate surface area is 299 Å². The fraction of sp³-hybridized carbons (Fsp3) is 0.459. The van der Waals surface area contributed by atoms with Crippen LogP contribution in [0.2, 0.25) is 0 Å². The Kier molecular flexibility index (Phi) is 9.04. The molecule has 12 nitrogen and oxygen atoms in total. The van der Waals surface area contributed by atoms with Gasteiger partial charge in [-0.1, -0.05) is 12.8 Å². The van der Waals surface area contributed by atoms with E-state index in [1.807, 2.05) is 32.9 Å². The Morgan fingerprint density at radius 2 is 1.72 bits per heavy atom. The number of hydrogen-bond acceptors (Lipinski definition) is 8. The molecule has 1 saturated heterocycles. The van der Waals surface area contributed by atoms with E-state index in [-0.39, 0.29) is 41.5 Å². The monoisotopic (exact) mass is 740 g/mol. The number of benzene rings is 1. The van der Waals surface area contributed by atoms with Crippen molar-refractivity contribution in [1.29, 1.82) is 0 Å². The smallest absolute Gasteiger partial charge is 0.248 e. The first-order valence-corrected chi connectivity index (χ1v) is 18.1. The van der Waals surface area contributed by atoms with Gasteiger partial charge in [-0.2, -0.15) is 5.10 Å². The molecular formula is C37H41BrN8O4. The van der Waals surface area contributed by atoms with Crippen LogP contribution in [0.3, 0.4) is 0 Å². The van der Waals surface area contributed by atoms with Crippen molar-refractivity contribution in [2.45, 2.75) is 97.7 Å². The zero-order valence-corrected chi connectivity index (χ0v) is 30.4. The Balaban J connectivity index is 1.29. The number of aryl methyl sites for hydroxylation is 3. The van der Waals surface area contributed by atoms with Crippen LogP contribution in [0.4, 0.5) is 5.82 Å². The number of nitrogens with zero attached hydrogens (tertiary/aromatic N) is 6. The number of halogens is 1. The first-order valence-electron chi connectivity index (χ1n) is 17.3. The molecule has 50 heavy (non-hydrogen) atoms. The van der Waals surface area contributed by atoms with Crippen LogP contribution in [0.1, 0.15) is 84.9 Å². The van der Waals surface area contributed by atoms with Gasteiger partial charge in [-0.05, 0) is 109 Å². The highest BCUT2D eigenvalue weighted by Gasteiger charge is 2.67. The molecule has 2 aliphatic heterocycles. The number of anilines is 1. The van der Waals surface area contributed by atoms with Crippen LogP contribution >= 0.6 is 15.9 Å². The van der Waals surface area contributed by atoms with Gasteiger partial charge in [-0.3, -0.25) is 23.9 Å². The Morgan fingerprint density at radius 1 is 0.980 bits per heavy atom. The topological polar surface area (TPSA) is 152 Å². The summed E-state index contributed by atoms with van der Waals surface area (Å²) in [6, 6.07) is 4.93. The van der Waals surface area contributed by atoms with Gasteiger partial charge in [-0.15, -0.1) is 0 Å². The molecule has 2 fully saturated rings. The summed E-state index contributed by atoms with van der Waals surface area (Å²) < 4.78 is 2.26. The third-order valence-corrected chi connectivity index (χ3v) is 11.1. The number of nitrogens with one attached hydrogen (secondary N) is 2. The number of Topliss-reactive ketones (excluding diaryl/α,β-unsaturated/α-hetero) is 1. The highest BCUT2D eigenvalue weighted by molar-refractivity contribution is 9.10. The SMILES string of the molecule is CC(=O)c1nn2c3c(cc(-c4cnc(C)nc4)cc13)CCCCCCC(=O)NC[C@@]13C[C@@H](C(=O)Nc4nc(Br)cc(C)c4C)N(C(=O)C2)[C@@H]1C3. The molecule has 3 aromatic heterocycles. The lowest BCUT2D eigenvalue weighted by atomic mass is 9.96. The minimum atomic E-state index is -0.765. The molecule has 0 spiro atoms. The summed E-state index contributed by atoms with van der Waals surface area (Å²) in [6.45, 7) is 7.44. The van der Waals surface area contributed by atoms with Gasteiger partial charge in [0.05, 0.1) is 5.52 Å². The van der Waals surface area contributed by atoms with Crippen LogP contribution in [0.25, 0.3) is 22.0 Å². The van der Waals surface area contributed by atoms with Crippen LogP contribution < -0.4 is 10.6 Å². The van der Waals surface area contributed by atoms with Crippen molar-refractivity contribution in [2.24, 2.45) is 5.41 Å². The molecule has 3 atom stereocenters. The van der Waals surface area contributed by atoms with Gasteiger partial charge in [0.25, 0.3) is 0 Å². The second kappa shape index (κ2) is 13.3. The minimum Gasteiger partial charge on any atom is -0.355 e. The van der Waals surface area contributed by atoms with Gasteiger partial charge < -0.3 is 15.5 Å². The van der Waals surface area contributed by atoms with Gasteiger partial charge in [0, 0.05) is 54.7 Å². The van der Waals surface area contributed by atoms with E-state index in [4.69, 9.17) is 5.10 Å². The van der Waals surface area contributed by atoms with Crippen molar-refractivity contribution in [2.75, 3.05) is 11.9 Å². The zero-order valence-electron chi connectivity index (χ0n) is 28.8. The molecule has 5 heterocycles. The van der Waals surface area contributed by atoms with Crippen LogP contribution in [0.5, 0.6) is 0 Å². The first kappa shape index (κ1) is 34.0. The lowest BCUT2D eigenvalue weighted by Crippen LogP contribution is -2.47. The normalized spacial score (nSPS) is 22.5. The van der Waals surface area contributed by atoms with Crippen LogP contribution in [-0.2, 0) is 27.3 Å². The minimum absolute atomic E-state index is 0.00354. The fourth-order valence-corrected chi connectivity index (χ4v) is 8.21. The number of amides is 3. The molecular weight excluding hydrogens is 700 g/mol. The second-order valence-corrected chi connectivity index (χ2v) is 14.9. The highest BCUT2D eigenvalue weighted by Crippen LogP contribution is 2.59. The molecule has 0 radical (unpaired) electrons. The number of carbonyl (C=O) groups excluding carboxylic acids is 4. The number of aromatic nitrogens is 5. The van der Waals surface area contributed by atoms with Crippen LogP contribution in [0, 0.1) is 26.2 Å². The summed E-state index contributed by atoms with van der Waals surface area (Å²) in [4.78, 5) is 69.4. The number of piperidine rings is 1. The summed E-state index contributed by atoms with van der Waals surface area (Å²) >= 11 is 3.43. The zero-order chi connectivity index (χ0) is 35.3. The van der Waals surface area contributed by atoms with E-state index in [2.05, 4.69) is 47.6 Å². The highest BCUT2D eigenvalue weighted by atomic mass is 79.9. The van der Waals surface area contributed by atoms with Gasteiger partial charge >= 0.3 is 0 Å². The van der Waals surface area contributed by atoms with E-state index < -0.39 is 6.04 Å². The van der Waals surface area contributed by atoms with Crippen molar-refractivity contribution in [3.63, 3.8) is 0 Å². The molecule has 1 aliphatic carbocycles. The van der Waals surface area contributed by atoms with E-state index in [9.17, 15) is 19.2 Å². The Morgan fingerprint density at radius 3 is 2.46 bits per heavy atom. The summed E-state index contributed by atoms with van der Waals surface area (Å²) in [5.41, 5.74) is 5.13. The quantitative estimate of drug-likeness (QED) is 0.209. The number of rotatable bonds is 4. The molecule has 7 rings (SSSR count). The molecule has 0 unspecified atom stereocenters. The molecule has 3 amide bonds. The van der Waals surface area contributed by atoms with Crippen molar-refractivity contribution in [3.05, 3.63) is 63.4 Å². The second-order valence-electron chi connectivity index (χ2n) is 14.1. The molecule has 260 valence electrons. The molecule has 13 heteroatoms. The Bertz CT molecular complexity index is 2040. The van der Waals surface area contributed by atoms with E-state index >= 15 is 0 Å². The third kappa shape index (κ3) is 6.43. The van der Waals surface area contributed by atoms with Gasteiger partial charge in [-0.25, -0.2) is 15.0 Å². The number of carbonyl (C=O) groups is 4. The predicted molar refractivity (Wildman–Crippen MR) is 191 cm³/mol. The van der Waals surface area contributed by atoms with E-state index in [1.54, 1.807) is 22.0 Å². The third-order valence-electron chi connectivity index (χ3n) is 10.6. The lowest BCUT2D eigenvalue weighted by Gasteiger charge is -2.27. The van der Waals surface area contributed by atoms with Crippen LogP contribution in [-0.4, -0.2) is 71.8 Å². The molecule has 2 bridgehead atoms. The number of pyridine rings is 1. The van der Waals surface area contributed by atoms with Gasteiger partial charge in [0.1, 0.15) is 34.5 Å². The Hall–Kier alpha value is -4.52. The maximum absolute atomic E-state index is 14.5. The molecule has 1 aromatic carbocycles. The fourth-order valence-electron chi connectivity index (χ4n) is 7.69. The van der Waals surface area contributed by atoms with Gasteiger partial charge in [0.15, 0.2) is 5.78 Å². The largest absolute Gasteiger partial charge is 0.355 e. The first-order chi connectivity index (χ1) is 23.9. The maximum Gasteiger partial charge on any atom is 0.248 e. The summed E-state index contributed by atoms with van der Waals surface area (Å²) in [7, 11) is 0. The maximum atomic E-state index is 14.5. The summed E-state index contributed by atoms with van der Waals surface area (Å²) in [5, 5.41) is 11.5. The van der Waals surface area contributed by atoms with Crippen molar-refractivity contribution in [3.8, 4) is 11.1 Å². The van der Waals surface area contributed by atoms with Crippen molar-refractivity contribution in [1.82, 2.24) is 34.9 Å². The van der Waals surface area contributed by atoms with E-state index in [0.29, 0.717) is 59.6 Å². The standard InChI is InChI=1S/C37H41BrN8O4/c1-20-11-30(38)42-35(21(20)2)43-36(50)28-14-37-15-29(37)46(28)32(49)18-45-34-24(9-7-5-6-8-10-31(48)41-19-37)12-25(26-16-39-23(4)40-17-26)13-27(34)33(44-45)22(3)47/h11-13,16-17,28-29H,5-10,14-15,18-19H2,1-4H3,(H,41,48)(H,42,43,50)/t28-,29+,37-/m0/s1. The molecule has 3 aliphatic rings. The van der Waals surface area contributed by atoms with E-state index in [1.165, 1.54) is 6.92 Å². The van der Waals surface area contributed by atoms with Crippen LogP contribution in [0.15, 0.2) is 35.2 Å². The molecule has 1 saturated carbocycles. The predicted octanol–water partition coefficient (Wildman–Crippen LogP) is 5.40. The molecule has 2 N–H and O–H groups in total. The summed E-state index contributed by atoms with van der Waals surface area (Å²) in [6.07, 6.45) is 9.27. The summed E-state index contributed by atoms with van der Waals surface area (Å²) in [5.74, 6) is 0.316. The van der Waals surface area contributed by atoms with Gasteiger partial charge in [0.2, 0.25) is 17.7 Å². The average Bonchev–Trinajstić information content (AvgIpc) is 3.48. The number of ketones is 1. The average molecular weight is 742 g/mol.